The molecule has 226 valence electrons. The van der Waals surface area contributed by atoms with Crippen molar-refractivity contribution in [2.45, 2.75) is 37.4 Å². The Kier molecular flexibility index (Phi) is 8.25. The summed E-state index contributed by atoms with van der Waals surface area (Å²) in [7, 11) is 3.26. The molecule has 2 N–H and O–H groups in total. The van der Waals surface area contributed by atoms with Crippen LogP contribution in [0.3, 0.4) is 0 Å². The van der Waals surface area contributed by atoms with Gasteiger partial charge in [0.15, 0.2) is 17.0 Å². The van der Waals surface area contributed by atoms with Crippen molar-refractivity contribution in [3.05, 3.63) is 108 Å². The molecule has 1 saturated heterocycles. The maximum Gasteiger partial charge on any atom is 0.222 e. The van der Waals surface area contributed by atoms with Crippen LogP contribution in [-0.2, 0) is 19.9 Å². The first kappa shape index (κ1) is 29.2. The van der Waals surface area contributed by atoms with Gasteiger partial charge in [0.05, 0.1) is 33.3 Å². The largest absolute Gasteiger partial charge is 0.497 e. The second-order valence-electron chi connectivity index (χ2n) is 10.5. The van der Waals surface area contributed by atoms with Gasteiger partial charge in [0.25, 0.3) is 0 Å². The summed E-state index contributed by atoms with van der Waals surface area (Å²) < 4.78 is 25.9. The minimum Gasteiger partial charge on any atom is -0.497 e. The van der Waals surface area contributed by atoms with Crippen LogP contribution in [-0.4, -0.2) is 63.6 Å². The van der Waals surface area contributed by atoms with Gasteiger partial charge in [0.2, 0.25) is 5.91 Å². The molecule has 0 unspecified atom stereocenters. The summed E-state index contributed by atoms with van der Waals surface area (Å²) in [5, 5.41) is 13.9. The average molecular weight is 596 g/mol. The molecule has 1 aliphatic rings. The molecule has 0 bridgehead atoms. The molecule has 3 aromatic carbocycles. The Morgan fingerprint density at radius 1 is 0.932 bits per heavy atom. The smallest absolute Gasteiger partial charge is 0.222 e. The van der Waals surface area contributed by atoms with Crippen LogP contribution in [0.5, 0.6) is 11.5 Å². The number of aliphatic hydroxyl groups is 1. The van der Waals surface area contributed by atoms with E-state index >= 15 is 0 Å². The highest BCUT2D eigenvalue weighted by Crippen LogP contribution is 2.43. The number of rotatable bonds is 10. The van der Waals surface area contributed by atoms with E-state index in [0.717, 1.165) is 28.2 Å². The van der Waals surface area contributed by atoms with Crippen molar-refractivity contribution < 1.29 is 28.8 Å². The van der Waals surface area contributed by atoms with Crippen molar-refractivity contribution in [1.82, 2.24) is 19.5 Å². The molecule has 0 saturated carbocycles. The number of fused-ring (bicyclic) bond motifs is 1. The number of aliphatic hydroxyl groups excluding tert-OH is 1. The van der Waals surface area contributed by atoms with E-state index in [0.29, 0.717) is 23.4 Å². The highest BCUT2D eigenvalue weighted by atomic mass is 16.6. The summed E-state index contributed by atoms with van der Waals surface area (Å²) in [5.41, 5.74) is 2.52. The molecule has 0 spiro atoms. The van der Waals surface area contributed by atoms with Crippen molar-refractivity contribution in [2.24, 2.45) is 0 Å². The van der Waals surface area contributed by atoms with Crippen molar-refractivity contribution in [2.75, 3.05) is 26.1 Å². The summed E-state index contributed by atoms with van der Waals surface area (Å²) >= 11 is 0. The fourth-order valence-electron chi connectivity index (χ4n) is 5.64. The Morgan fingerprint density at radius 3 is 2.14 bits per heavy atom. The molecule has 1 aliphatic heterocycles. The topological polar surface area (TPSA) is 130 Å². The number of anilines is 1. The van der Waals surface area contributed by atoms with Crippen LogP contribution >= 0.6 is 0 Å². The monoisotopic (exact) mass is 595 g/mol. The molecular weight excluding hydrogens is 562 g/mol. The number of benzene rings is 3. The van der Waals surface area contributed by atoms with Gasteiger partial charge in [-0.15, -0.1) is 0 Å². The molecule has 0 aliphatic carbocycles. The van der Waals surface area contributed by atoms with Crippen molar-refractivity contribution >= 4 is 22.9 Å². The lowest BCUT2D eigenvalue weighted by Crippen LogP contribution is -2.38. The summed E-state index contributed by atoms with van der Waals surface area (Å²) in [5.74, 6) is 1.49. The maximum atomic E-state index is 11.6. The lowest BCUT2D eigenvalue weighted by molar-refractivity contribution is -0.114. The fourth-order valence-corrected chi connectivity index (χ4v) is 5.64. The average Bonchev–Trinajstić information content (AvgIpc) is 3.66. The highest BCUT2D eigenvalue weighted by Gasteiger charge is 2.42. The van der Waals surface area contributed by atoms with Crippen LogP contribution in [0.25, 0.3) is 11.2 Å². The van der Waals surface area contributed by atoms with Crippen LogP contribution in [0.4, 0.5) is 5.82 Å². The number of nitrogens with one attached hydrogen (secondary N) is 1. The van der Waals surface area contributed by atoms with Gasteiger partial charge < -0.3 is 29.4 Å². The van der Waals surface area contributed by atoms with Gasteiger partial charge in [0, 0.05) is 13.3 Å². The molecule has 0 radical (unpaired) electrons. The van der Waals surface area contributed by atoms with E-state index in [1.165, 1.54) is 13.3 Å². The van der Waals surface area contributed by atoms with Crippen LogP contribution in [0.2, 0.25) is 0 Å². The molecule has 1 amide bonds. The number of ether oxygens (including phenoxy) is 4. The van der Waals surface area contributed by atoms with Crippen LogP contribution in [0, 0.1) is 0 Å². The van der Waals surface area contributed by atoms with Gasteiger partial charge in [0.1, 0.15) is 35.8 Å². The fraction of sp³-hybridized carbons (Fsp3) is 0.273. The number of hydrogen-bond donors (Lipinski definition) is 2. The SMILES string of the molecule is COc1ccc(C(OC[C@H]2O[C@@H](n3cnc4c(NC(C)=O)ncnc43)C[C@@H]2O)(c2ccccc2)c2ccc(OC)cc2)cc1. The molecule has 11 nitrogen and oxygen atoms in total. The number of methoxy groups -OCH3 is 2. The van der Waals surface area contributed by atoms with Gasteiger partial charge in [-0.25, -0.2) is 15.0 Å². The van der Waals surface area contributed by atoms with Gasteiger partial charge in [-0.1, -0.05) is 54.6 Å². The predicted molar refractivity (Wildman–Crippen MR) is 162 cm³/mol. The number of carbonyl (C=O) groups excluding carboxylic acids is 1. The third kappa shape index (κ3) is 5.48. The summed E-state index contributed by atoms with van der Waals surface area (Å²) in [6.07, 6.45) is 1.19. The zero-order chi connectivity index (χ0) is 30.7. The van der Waals surface area contributed by atoms with E-state index in [2.05, 4.69) is 20.3 Å². The van der Waals surface area contributed by atoms with E-state index in [1.54, 1.807) is 25.1 Å². The highest BCUT2D eigenvalue weighted by molar-refractivity contribution is 5.95. The zero-order valence-electron chi connectivity index (χ0n) is 24.6. The van der Waals surface area contributed by atoms with E-state index in [1.807, 2.05) is 78.9 Å². The predicted octanol–water partition coefficient (Wildman–Crippen LogP) is 4.46. The molecule has 3 atom stereocenters. The minimum absolute atomic E-state index is 0.0728. The van der Waals surface area contributed by atoms with Crippen LogP contribution in [0.1, 0.15) is 36.3 Å². The molecular formula is C33H33N5O6. The Bertz CT molecular complexity index is 1680. The van der Waals surface area contributed by atoms with E-state index in [4.69, 9.17) is 18.9 Å². The van der Waals surface area contributed by atoms with Gasteiger partial charge in [-0.3, -0.25) is 9.36 Å². The molecule has 6 rings (SSSR count). The second-order valence-corrected chi connectivity index (χ2v) is 10.5. The third-order valence-corrected chi connectivity index (χ3v) is 7.81. The molecule has 1 fully saturated rings. The second kappa shape index (κ2) is 12.4. The maximum absolute atomic E-state index is 11.6. The first-order valence-electron chi connectivity index (χ1n) is 14.2. The first-order valence-corrected chi connectivity index (χ1v) is 14.2. The lowest BCUT2D eigenvalue weighted by atomic mass is 9.80. The molecule has 3 heterocycles. The number of imidazole rings is 1. The normalized spacial score (nSPS) is 18.3. The number of nitrogens with zero attached hydrogens (tertiary/aromatic N) is 4. The lowest BCUT2D eigenvalue weighted by Gasteiger charge is -2.37. The Hall–Kier alpha value is -4.84. The van der Waals surface area contributed by atoms with Crippen molar-refractivity contribution in [3.63, 3.8) is 0 Å². The van der Waals surface area contributed by atoms with Crippen LogP contribution < -0.4 is 14.8 Å². The summed E-state index contributed by atoms with van der Waals surface area (Å²) in [6.45, 7) is 1.47. The number of carbonyl (C=O) groups is 1. The van der Waals surface area contributed by atoms with Crippen LogP contribution in [0.15, 0.2) is 91.5 Å². The Balaban J connectivity index is 1.34. The van der Waals surface area contributed by atoms with Crippen molar-refractivity contribution in [3.8, 4) is 11.5 Å². The van der Waals surface area contributed by atoms with E-state index in [9.17, 15) is 9.90 Å². The summed E-state index contributed by atoms with van der Waals surface area (Å²) in [4.78, 5) is 24.5. The minimum atomic E-state index is -1.05. The molecule has 44 heavy (non-hydrogen) atoms. The quantitative estimate of drug-likeness (QED) is 0.225. The molecule has 2 aromatic heterocycles. The number of amides is 1. The first-order chi connectivity index (χ1) is 21.4. The number of aromatic nitrogens is 4. The van der Waals surface area contributed by atoms with Gasteiger partial charge >= 0.3 is 0 Å². The Morgan fingerprint density at radius 2 is 1.55 bits per heavy atom. The standard InChI is InChI=1S/C33H33N5O6/c1-21(39)37-31-30-32(35-19-34-31)38(20-36-30)29-17-27(40)28(44-29)18-43-33(22-7-5-4-6-8-22,23-9-13-25(41-2)14-10-23)24-11-15-26(42-3)16-12-24/h4-16,19-20,27-29,40H,17-18H2,1-3H3,(H,34,35,37,39)/t27-,28+,29+/m0/s1. The Labute approximate surface area is 254 Å². The van der Waals surface area contributed by atoms with Gasteiger partial charge in [-0.2, -0.15) is 0 Å². The summed E-state index contributed by atoms with van der Waals surface area (Å²) in [6, 6.07) is 25.5. The number of hydrogen-bond acceptors (Lipinski definition) is 9. The van der Waals surface area contributed by atoms with Crippen molar-refractivity contribution in [1.29, 1.82) is 0 Å². The third-order valence-electron chi connectivity index (χ3n) is 7.81. The molecule has 5 aromatic rings. The zero-order valence-corrected chi connectivity index (χ0v) is 24.6. The van der Waals surface area contributed by atoms with E-state index < -0.39 is 24.0 Å². The van der Waals surface area contributed by atoms with E-state index in [-0.39, 0.29) is 12.5 Å². The molecule has 11 heteroatoms. The van der Waals surface area contributed by atoms with Gasteiger partial charge in [-0.05, 0) is 41.0 Å².